The summed E-state index contributed by atoms with van der Waals surface area (Å²) in [6.45, 7) is 2.03. The Morgan fingerprint density at radius 3 is 2.88 bits per heavy atom. The molecule has 0 saturated carbocycles. The lowest BCUT2D eigenvalue weighted by Crippen LogP contribution is -2.05. The topological polar surface area (TPSA) is 74.2 Å². The van der Waals surface area contributed by atoms with Crippen molar-refractivity contribution in [3.05, 3.63) is 40.5 Å². The highest BCUT2D eigenvalue weighted by molar-refractivity contribution is 9.10. The molecule has 0 spiro atoms. The second kappa shape index (κ2) is 5.29. The number of para-hydroxylation sites is 1. The third kappa shape index (κ3) is 3.04. The summed E-state index contributed by atoms with van der Waals surface area (Å²) in [5.41, 5.74) is 5.61. The molecule has 1 aromatic carbocycles. The highest BCUT2D eigenvalue weighted by Crippen LogP contribution is 2.24. The Bertz CT molecular complexity index is 499. The van der Waals surface area contributed by atoms with Crippen LogP contribution in [0.4, 0.5) is 0 Å². The van der Waals surface area contributed by atoms with Crippen molar-refractivity contribution in [2.24, 2.45) is 5.73 Å². The molecule has 6 heteroatoms. The van der Waals surface area contributed by atoms with Gasteiger partial charge in [0.2, 0.25) is 11.7 Å². The summed E-state index contributed by atoms with van der Waals surface area (Å²) in [7, 11) is 0. The fourth-order valence-corrected chi connectivity index (χ4v) is 1.61. The van der Waals surface area contributed by atoms with Crippen LogP contribution in [0.3, 0.4) is 0 Å². The lowest BCUT2D eigenvalue weighted by molar-refractivity contribution is 0.282. The van der Waals surface area contributed by atoms with Crippen molar-refractivity contribution in [3.63, 3.8) is 0 Å². The highest BCUT2D eigenvalue weighted by atomic mass is 79.9. The van der Waals surface area contributed by atoms with E-state index in [-0.39, 0.29) is 12.6 Å². The maximum absolute atomic E-state index is 5.61. The number of benzene rings is 1. The standard InChI is InChI=1S/C11H12BrN3O2/c1-7(13)11-14-10(15-17-11)6-16-9-5-3-2-4-8(9)12/h2-5,7H,6,13H2,1H3. The molecule has 0 aliphatic carbocycles. The Morgan fingerprint density at radius 2 is 2.24 bits per heavy atom. The van der Waals surface area contributed by atoms with Gasteiger partial charge in [-0.25, -0.2) is 0 Å². The van der Waals surface area contributed by atoms with Gasteiger partial charge in [-0.1, -0.05) is 17.3 Å². The SMILES string of the molecule is CC(N)c1nc(COc2ccccc2Br)no1. The lowest BCUT2D eigenvalue weighted by Gasteiger charge is -2.04. The molecule has 0 radical (unpaired) electrons. The van der Waals surface area contributed by atoms with Crippen LogP contribution in [-0.2, 0) is 6.61 Å². The zero-order chi connectivity index (χ0) is 12.3. The van der Waals surface area contributed by atoms with Gasteiger partial charge >= 0.3 is 0 Å². The molecular weight excluding hydrogens is 286 g/mol. The molecule has 0 fully saturated rings. The molecule has 0 saturated heterocycles. The Kier molecular flexibility index (Phi) is 3.75. The molecule has 1 aromatic heterocycles. The maximum Gasteiger partial charge on any atom is 0.243 e. The minimum Gasteiger partial charge on any atom is -0.484 e. The number of halogens is 1. The van der Waals surface area contributed by atoms with E-state index >= 15 is 0 Å². The highest BCUT2D eigenvalue weighted by Gasteiger charge is 2.10. The molecule has 0 bridgehead atoms. The fraction of sp³-hybridized carbons (Fsp3) is 0.273. The summed E-state index contributed by atoms with van der Waals surface area (Å²) >= 11 is 3.39. The van der Waals surface area contributed by atoms with Gasteiger partial charge in [0, 0.05) is 0 Å². The van der Waals surface area contributed by atoms with Gasteiger partial charge in [-0.05, 0) is 35.0 Å². The van der Waals surface area contributed by atoms with Crippen molar-refractivity contribution in [2.45, 2.75) is 19.6 Å². The van der Waals surface area contributed by atoms with E-state index in [1.165, 1.54) is 0 Å². The molecular formula is C11H12BrN3O2. The Hall–Kier alpha value is -1.40. The van der Waals surface area contributed by atoms with Gasteiger partial charge in [-0.3, -0.25) is 0 Å². The predicted molar refractivity (Wildman–Crippen MR) is 65.4 cm³/mol. The maximum atomic E-state index is 5.61. The molecule has 1 atom stereocenters. The molecule has 0 aliphatic rings. The number of hydrogen-bond acceptors (Lipinski definition) is 5. The van der Waals surface area contributed by atoms with Crippen molar-refractivity contribution in [1.29, 1.82) is 0 Å². The predicted octanol–water partition coefficient (Wildman–Crippen LogP) is 2.43. The van der Waals surface area contributed by atoms with Crippen molar-refractivity contribution in [3.8, 4) is 5.75 Å². The minimum absolute atomic E-state index is 0.249. The third-order valence-electron chi connectivity index (χ3n) is 2.07. The summed E-state index contributed by atoms with van der Waals surface area (Å²) in [6.07, 6.45) is 0. The third-order valence-corrected chi connectivity index (χ3v) is 2.72. The molecule has 2 rings (SSSR count). The number of nitrogens with two attached hydrogens (primary N) is 1. The van der Waals surface area contributed by atoms with E-state index in [1.807, 2.05) is 24.3 Å². The van der Waals surface area contributed by atoms with E-state index in [4.69, 9.17) is 15.0 Å². The average molecular weight is 298 g/mol. The van der Waals surface area contributed by atoms with Gasteiger partial charge in [0.25, 0.3) is 0 Å². The summed E-state index contributed by atoms with van der Waals surface area (Å²) in [5, 5.41) is 3.78. The second-order valence-electron chi connectivity index (χ2n) is 3.56. The van der Waals surface area contributed by atoms with E-state index in [1.54, 1.807) is 6.92 Å². The molecule has 0 amide bonds. The second-order valence-corrected chi connectivity index (χ2v) is 4.41. The van der Waals surface area contributed by atoms with Crippen LogP contribution in [0.2, 0.25) is 0 Å². The van der Waals surface area contributed by atoms with Gasteiger partial charge in [0.15, 0.2) is 6.61 Å². The quantitative estimate of drug-likeness (QED) is 0.938. The van der Waals surface area contributed by atoms with Gasteiger partial charge in [-0.15, -0.1) is 0 Å². The fourth-order valence-electron chi connectivity index (χ4n) is 1.22. The van der Waals surface area contributed by atoms with Gasteiger partial charge in [-0.2, -0.15) is 4.98 Å². The van der Waals surface area contributed by atoms with E-state index in [0.717, 1.165) is 10.2 Å². The van der Waals surface area contributed by atoms with E-state index in [9.17, 15) is 0 Å². The number of aromatic nitrogens is 2. The number of ether oxygens (including phenoxy) is 1. The normalized spacial score (nSPS) is 12.4. The Balaban J connectivity index is 2.00. The first-order valence-electron chi connectivity index (χ1n) is 5.12. The molecule has 0 aliphatic heterocycles. The average Bonchev–Trinajstić information content (AvgIpc) is 2.77. The van der Waals surface area contributed by atoms with Crippen molar-refractivity contribution >= 4 is 15.9 Å². The first-order valence-corrected chi connectivity index (χ1v) is 5.91. The molecule has 17 heavy (non-hydrogen) atoms. The monoisotopic (exact) mass is 297 g/mol. The summed E-state index contributed by atoms with van der Waals surface area (Å²) in [4.78, 5) is 4.11. The Labute approximate surface area is 107 Å². The van der Waals surface area contributed by atoms with Gasteiger partial charge in [0.1, 0.15) is 5.75 Å². The summed E-state index contributed by atoms with van der Waals surface area (Å²) in [6, 6.07) is 7.30. The largest absolute Gasteiger partial charge is 0.484 e. The number of nitrogens with zero attached hydrogens (tertiary/aromatic N) is 2. The zero-order valence-corrected chi connectivity index (χ0v) is 10.8. The van der Waals surface area contributed by atoms with Crippen molar-refractivity contribution in [1.82, 2.24) is 10.1 Å². The smallest absolute Gasteiger partial charge is 0.243 e. The molecule has 1 unspecified atom stereocenters. The van der Waals surface area contributed by atoms with Crippen molar-refractivity contribution < 1.29 is 9.26 Å². The summed E-state index contributed by atoms with van der Waals surface area (Å²) < 4.78 is 11.4. The van der Waals surface area contributed by atoms with E-state index in [2.05, 4.69) is 26.1 Å². The molecule has 2 aromatic rings. The summed E-state index contributed by atoms with van der Waals surface area (Å²) in [5.74, 6) is 1.63. The first-order chi connectivity index (χ1) is 8.16. The van der Waals surface area contributed by atoms with Gasteiger partial charge in [0.05, 0.1) is 10.5 Å². The van der Waals surface area contributed by atoms with Crippen LogP contribution in [0.5, 0.6) is 5.75 Å². The lowest BCUT2D eigenvalue weighted by atomic mass is 10.3. The van der Waals surface area contributed by atoms with Crippen LogP contribution in [-0.4, -0.2) is 10.1 Å². The van der Waals surface area contributed by atoms with E-state index < -0.39 is 0 Å². The molecule has 90 valence electrons. The number of rotatable bonds is 4. The molecule has 2 N–H and O–H groups in total. The van der Waals surface area contributed by atoms with E-state index in [0.29, 0.717) is 11.7 Å². The Morgan fingerprint density at radius 1 is 1.47 bits per heavy atom. The minimum atomic E-state index is -0.264. The van der Waals surface area contributed by atoms with Crippen LogP contribution in [0, 0.1) is 0 Å². The van der Waals surface area contributed by atoms with Crippen LogP contribution < -0.4 is 10.5 Å². The number of hydrogen-bond donors (Lipinski definition) is 1. The van der Waals surface area contributed by atoms with Gasteiger partial charge < -0.3 is 15.0 Å². The van der Waals surface area contributed by atoms with Crippen LogP contribution in [0.25, 0.3) is 0 Å². The molecule has 1 heterocycles. The molecule has 5 nitrogen and oxygen atoms in total. The van der Waals surface area contributed by atoms with Crippen LogP contribution in [0.1, 0.15) is 24.7 Å². The van der Waals surface area contributed by atoms with Crippen molar-refractivity contribution in [2.75, 3.05) is 0 Å². The first kappa shape index (κ1) is 12.1. The van der Waals surface area contributed by atoms with Crippen LogP contribution >= 0.6 is 15.9 Å². The van der Waals surface area contributed by atoms with Crippen LogP contribution in [0.15, 0.2) is 33.3 Å². The zero-order valence-electron chi connectivity index (χ0n) is 9.26.